The summed E-state index contributed by atoms with van der Waals surface area (Å²) < 4.78 is 0. The number of allylic oxidation sites excluding steroid dienone is 1. The lowest BCUT2D eigenvalue weighted by molar-refractivity contribution is 0.211. The molecule has 35 heavy (non-hydrogen) atoms. The average molecular weight is 478 g/mol. The Morgan fingerprint density at radius 3 is 1.97 bits per heavy atom. The van der Waals surface area contributed by atoms with E-state index in [0.29, 0.717) is 29.7 Å². The zero-order valence-corrected chi connectivity index (χ0v) is 24.2. The van der Waals surface area contributed by atoms with E-state index in [0.717, 1.165) is 36.0 Å². The summed E-state index contributed by atoms with van der Waals surface area (Å²) in [6.07, 6.45) is 5.54. The van der Waals surface area contributed by atoms with E-state index in [1.54, 1.807) is 0 Å². The molecule has 0 amide bonds. The van der Waals surface area contributed by atoms with Gasteiger partial charge in [-0.25, -0.2) is 19.9 Å². The van der Waals surface area contributed by atoms with E-state index in [2.05, 4.69) is 110 Å². The van der Waals surface area contributed by atoms with E-state index in [4.69, 9.17) is 9.97 Å². The molecular formula is C30H47N5. The molecule has 4 rings (SSSR count). The van der Waals surface area contributed by atoms with Gasteiger partial charge in [0.05, 0.1) is 17.4 Å². The first-order valence-electron chi connectivity index (χ1n) is 13.4. The Labute approximate surface area is 213 Å². The van der Waals surface area contributed by atoms with Crippen LogP contribution in [0.3, 0.4) is 0 Å². The third kappa shape index (κ3) is 5.35. The van der Waals surface area contributed by atoms with Gasteiger partial charge in [-0.3, -0.25) is 4.90 Å². The summed E-state index contributed by atoms with van der Waals surface area (Å²) in [6.45, 7) is 25.3. The third-order valence-corrected chi connectivity index (χ3v) is 7.89. The maximum Gasteiger partial charge on any atom is 0.131 e. The zero-order chi connectivity index (χ0) is 26.2. The highest BCUT2D eigenvalue weighted by molar-refractivity contribution is 5.59. The first kappa shape index (κ1) is 27.4. The summed E-state index contributed by atoms with van der Waals surface area (Å²) in [7, 11) is 2.18. The highest BCUT2D eigenvalue weighted by Crippen LogP contribution is 2.41. The standard InChI is InChI=1S/C16H24N2.C14H23N3/c1-10(2)15-17-12(5)13-8-7-9-16(6,11(3)4)14(13)18-15;1-8(2)13-12-11(7-17(13)6)10(5)15-14(16-12)9(3)4/h7-8,10-11H,9H2,1-6H3;8-9,13H,7H2,1-6H3. The summed E-state index contributed by atoms with van der Waals surface area (Å²) in [5, 5.41) is 0. The Balaban J connectivity index is 0.000000196. The van der Waals surface area contributed by atoms with Gasteiger partial charge in [-0.05, 0) is 39.2 Å². The largest absolute Gasteiger partial charge is 0.293 e. The summed E-state index contributed by atoms with van der Waals surface area (Å²) in [5.74, 6) is 3.93. The molecule has 2 atom stereocenters. The molecule has 0 saturated carbocycles. The van der Waals surface area contributed by atoms with Crippen LogP contribution < -0.4 is 0 Å². The fourth-order valence-electron chi connectivity index (χ4n) is 5.24. The summed E-state index contributed by atoms with van der Waals surface area (Å²) in [4.78, 5) is 21.4. The first-order chi connectivity index (χ1) is 16.3. The Kier molecular flexibility index (Phi) is 8.20. The van der Waals surface area contributed by atoms with Gasteiger partial charge in [-0.1, -0.05) is 74.5 Å². The van der Waals surface area contributed by atoms with Gasteiger partial charge in [0.1, 0.15) is 11.6 Å². The molecule has 1 aliphatic carbocycles. The maximum atomic E-state index is 4.89. The minimum atomic E-state index is 0.140. The molecule has 0 saturated heterocycles. The topological polar surface area (TPSA) is 54.8 Å². The average Bonchev–Trinajstić information content (AvgIpc) is 3.11. The van der Waals surface area contributed by atoms with Gasteiger partial charge in [0.2, 0.25) is 0 Å². The highest BCUT2D eigenvalue weighted by Gasteiger charge is 2.36. The molecule has 2 aliphatic rings. The van der Waals surface area contributed by atoms with E-state index in [1.807, 2.05) is 0 Å². The maximum absolute atomic E-state index is 4.89. The Hall–Kier alpha value is -2.14. The van der Waals surface area contributed by atoms with Crippen LogP contribution in [0.25, 0.3) is 6.08 Å². The molecule has 3 heterocycles. The van der Waals surface area contributed by atoms with Gasteiger partial charge in [0.25, 0.3) is 0 Å². The highest BCUT2D eigenvalue weighted by atomic mass is 15.2. The van der Waals surface area contributed by atoms with E-state index in [9.17, 15) is 0 Å². The second-order valence-corrected chi connectivity index (χ2v) is 12.1. The molecule has 5 nitrogen and oxygen atoms in total. The van der Waals surface area contributed by atoms with Crippen LogP contribution in [0.15, 0.2) is 6.08 Å². The molecule has 5 heteroatoms. The van der Waals surface area contributed by atoms with E-state index in [1.165, 1.54) is 22.5 Å². The number of rotatable bonds is 4. The van der Waals surface area contributed by atoms with E-state index in [-0.39, 0.29) is 5.41 Å². The van der Waals surface area contributed by atoms with Crippen molar-refractivity contribution in [1.82, 2.24) is 24.8 Å². The van der Waals surface area contributed by atoms with Crippen LogP contribution in [0.5, 0.6) is 0 Å². The van der Waals surface area contributed by atoms with Gasteiger partial charge in [0.15, 0.2) is 0 Å². The van der Waals surface area contributed by atoms with Crippen LogP contribution in [0.1, 0.15) is 132 Å². The van der Waals surface area contributed by atoms with Crippen molar-refractivity contribution >= 4 is 6.08 Å². The van der Waals surface area contributed by atoms with Crippen LogP contribution in [-0.2, 0) is 12.0 Å². The zero-order valence-electron chi connectivity index (χ0n) is 24.2. The minimum absolute atomic E-state index is 0.140. The Morgan fingerprint density at radius 1 is 0.857 bits per heavy atom. The van der Waals surface area contributed by atoms with Crippen LogP contribution in [0.4, 0.5) is 0 Å². The molecular weight excluding hydrogens is 430 g/mol. The fourth-order valence-corrected chi connectivity index (χ4v) is 5.24. The van der Waals surface area contributed by atoms with E-state index < -0.39 is 0 Å². The number of hydrogen-bond donors (Lipinski definition) is 0. The Bertz CT molecular complexity index is 1080. The number of nitrogens with zero attached hydrogens (tertiary/aromatic N) is 5. The van der Waals surface area contributed by atoms with Crippen molar-refractivity contribution in [3.8, 4) is 0 Å². The van der Waals surface area contributed by atoms with Crippen LogP contribution in [0.2, 0.25) is 0 Å². The van der Waals surface area contributed by atoms with Crippen molar-refractivity contribution in [3.63, 3.8) is 0 Å². The van der Waals surface area contributed by atoms with Gasteiger partial charge in [-0.2, -0.15) is 0 Å². The predicted molar refractivity (Wildman–Crippen MR) is 147 cm³/mol. The lowest BCUT2D eigenvalue weighted by atomic mass is 9.69. The Morgan fingerprint density at radius 2 is 1.43 bits per heavy atom. The van der Waals surface area contributed by atoms with Gasteiger partial charge >= 0.3 is 0 Å². The second-order valence-electron chi connectivity index (χ2n) is 12.1. The lowest BCUT2D eigenvalue weighted by Gasteiger charge is -2.36. The van der Waals surface area contributed by atoms with Crippen molar-refractivity contribution in [2.24, 2.45) is 11.8 Å². The second kappa shape index (κ2) is 10.5. The van der Waals surface area contributed by atoms with E-state index >= 15 is 0 Å². The molecule has 192 valence electrons. The summed E-state index contributed by atoms with van der Waals surface area (Å²) >= 11 is 0. The summed E-state index contributed by atoms with van der Waals surface area (Å²) in [6, 6.07) is 0.448. The number of aryl methyl sites for hydroxylation is 2. The van der Waals surface area contributed by atoms with Crippen molar-refractivity contribution in [3.05, 3.63) is 51.6 Å². The van der Waals surface area contributed by atoms with Crippen molar-refractivity contribution in [1.29, 1.82) is 0 Å². The molecule has 1 aliphatic heterocycles. The van der Waals surface area contributed by atoms with Gasteiger partial charge in [-0.15, -0.1) is 0 Å². The van der Waals surface area contributed by atoms with Gasteiger partial charge in [0, 0.05) is 46.3 Å². The first-order valence-corrected chi connectivity index (χ1v) is 13.4. The number of hydrogen-bond acceptors (Lipinski definition) is 5. The van der Waals surface area contributed by atoms with Crippen LogP contribution in [0, 0.1) is 25.7 Å². The normalized spacial score (nSPS) is 21.5. The molecule has 2 aromatic rings. The molecule has 0 N–H and O–H groups in total. The monoisotopic (exact) mass is 477 g/mol. The molecule has 2 aromatic heterocycles. The summed E-state index contributed by atoms with van der Waals surface area (Å²) in [5.41, 5.74) is 7.51. The molecule has 2 unspecified atom stereocenters. The van der Waals surface area contributed by atoms with Crippen molar-refractivity contribution in [2.45, 2.75) is 112 Å². The van der Waals surface area contributed by atoms with Gasteiger partial charge < -0.3 is 0 Å². The SMILES string of the molecule is Cc1nc(C(C)C)nc2c1C=CCC2(C)C(C)C.Cc1nc(C(C)C)nc2c1CN(C)C2C(C)C. The smallest absolute Gasteiger partial charge is 0.131 e. The molecule has 0 spiro atoms. The van der Waals surface area contributed by atoms with Crippen LogP contribution in [-0.4, -0.2) is 31.9 Å². The number of aromatic nitrogens is 4. The van der Waals surface area contributed by atoms with Crippen molar-refractivity contribution in [2.75, 3.05) is 7.05 Å². The van der Waals surface area contributed by atoms with Crippen LogP contribution >= 0.6 is 0 Å². The lowest BCUT2D eigenvalue weighted by Crippen LogP contribution is -2.33. The predicted octanol–water partition coefficient (Wildman–Crippen LogP) is 7.29. The quantitative estimate of drug-likeness (QED) is 0.463. The minimum Gasteiger partial charge on any atom is -0.293 e. The van der Waals surface area contributed by atoms with Crippen molar-refractivity contribution < 1.29 is 0 Å². The molecule has 0 aromatic carbocycles. The fraction of sp³-hybridized carbons (Fsp3) is 0.667. The molecule has 0 bridgehead atoms. The molecule has 0 radical (unpaired) electrons. The molecule has 0 fully saturated rings. The third-order valence-electron chi connectivity index (χ3n) is 7.89. The number of fused-ring (bicyclic) bond motifs is 2.